The van der Waals surface area contributed by atoms with Crippen molar-refractivity contribution >= 4 is 5.78 Å². The molecule has 1 fully saturated rings. The van der Waals surface area contributed by atoms with E-state index < -0.39 is 67.8 Å². The van der Waals surface area contributed by atoms with Gasteiger partial charge in [-0.3, -0.25) is 4.79 Å². The van der Waals surface area contributed by atoms with E-state index in [0.29, 0.717) is 0 Å². The van der Waals surface area contributed by atoms with Crippen LogP contribution in [0.1, 0.15) is 0 Å². The molecule has 10 nitrogen and oxygen atoms in total. The highest BCUT2D eigenvalue weighted by Gasteiger charge is 2.45. The number of ketones is 1. The largest absolute Gasteiger partial charge is 0.394 e. The fourth-order valence-corrected chi connectivity index (χ4v) is 1.92. The second kappa shape index (κ2) is 7.54. The average Bonchev–Trinajstić information content (AvgIpc) is 2.49. The third-order valence-corrected chi connectivity index (χ3v) is 3.33. The molecule has 1 rings (SSSR count). The monoisotopic (exact) mass is 312 g/mol. The number of aliphatic hydroxyl groups is 8. The zero-order valence-electron chi connectivity index (χ0n) is 10.9. The average molecular weight is 312 g/mol. The van der Waals surface area contributed by atoms with Gasteiger partial charge in [-0.2, -0.15) is 0 Å². The molecule has 0 aromatic carbocycles. The van der Waals surface area contributed by atoms with Crippen LogP contribution in [0, 0.1) is 0 Å². The molecule has 0 amide bonds. The first-order chi connectivity index (χ1) is 9.72. The lowest BCUT2D eigenvalue weighted by atomic mass is 9.91. The van der Waals surface area contributed by atoms with E-state index in [1.807, 2.05) is 0 Å². The Bertz CT molecular complexity index is 350. The van der Waals surface area contributed by atoms with Gasteiger partial charge in [0.25, 0.3) is 0 Å². The third kappa shape index (κ3) is 3.94. The van der Waals surface area contributed by atoms with Crippen molar-refractivity contribution in [3.8, 4) is 0 Å². The van der Waals surface area contributed by atoms with Crippen LogP contribution in [-0.2, 0) is 9.53 Å². The zero-order chi connectivity index (χ0) is 16.3. The molecule has 1 unspecified atom stereocenters. The van der Waals surface area contributed by atoms with Gasteiger partial charge in [0, 0.05) is 0 Å². The second-order valence-electron chi connectivity index (χ2n) is 4.88. The molecular weight excluding hydrogens is 292 g/mol. The molecule has 8 atom stereocenters. The molecule has 21 heavy (non-hydrogen) atoms. The van der Waals surface area contributed by atoms with Crippen molar-refractivity contribution in [3.63, 3.8) is 0 Å². The van der Waals surface area contributed by atoms with Gasteiger partial charge in [-0.15, -0.1) is 0 Å². The normalized spacial score (nSPS) is 35.8. The summed E-state index contributed by atoms with van der Waals surface area (Å²) >= 11 is 0. The van der Waals surface area contributed by atoms with Crippen molar-refractivity contribution in [2.45, 2.75) is 48.8 Å². The first-order valence-corrected chi connectivity index (χ1v) is 6.25. The molecule has 0 aromatic rings. The number of rotatable bonds is 6. The topological polar surface area (TPSA) is 188 Å². The molecule has 0 aliphatic carbocycles. The maximum Gasteiger partial charge on any atom is 0.195 e. The summed E-state index contributed by atoms with van der Waals surface area (Å²) in [5.41, 5.74) is 0. The van der Waals surface area contributed by atoms with Crippen molar-refractivity contribution in [2.75, 3.05) is 13.2 Å². The number of carbonyl (C=O) groups excluding carboxylic acids is 1. The molecule has 1 aliphatic rings. The molecule has 1 aliphatic heterocycles. The SMILES string of the molecule is O=C(C1OC[C@@H](O)[C@@H](O)[C@@H]1O)[C@H](O)[C@@H](O)[C@H](O)[C@H](O)CO. The van der Waals surface area contributed by atoms with Crippen LogP contribution in [0.25, 0.3) is 0 Å². The van der Waals surface area contributed by atoms with Gasteiger partial charge in [0.2, 0.25) is 0 Å². The Kier molecular flexibility index (Phi) is 6.59. The number of hydrogen-bond donors (Lipinski definition) is 8. The van der Waals surface area contributed by atoms with Crippen LogP contribution >= 0.6 is 0 Å². The number of Topliss-reactive ketones (excluding diaryl/α,β-unsaturated/α-hetero) is 1. The van der Waals surface area contributed by atoms with Crippen LogP contribution in [-0.4, -0.2) is 109 Å². The van der Waals surface area contributed by atoms with Crippen molar-refractivity contribution in [1.29, 1.82) is 0 Å². The highest BCUT2D eigenvalue weighted by Crippen LogP contribution is 2.19. The van der Waals surface area contributed by atoms with Crippen LogP contribution in [0.3, 0.4) is 0 Å². The first kappa shape index (κ1) is 18.4. The first-order valence-electron chi connectivity index (χ1n) is 6.25. The minimum absolute atomic E-state index is 0.473. The smallest absolute Gasteiger partial charge is 0.195 e. The maximum atomic E-state index is 11.9. The van der Waals surface area contributed by atoms with Gasteiger partial charge in [-0.25, -0.2) is 0 Å². The molecule has 0 saturated carbocycles. The summed E-state index contributed by atoms with van der Waals surface area (Å²) in [6.07, 6.45) is -14.8. The molecule has 10 heteroatoms. The fraction of sp³-hybridized carbons (Fsp3) is 0.909. The molecule has 1 heterocycles. The summed E-state index contributed by atoms with van der Waals surface area (Å²) in [6.45, 7) is -1.38. The number of ether oxygens (including phenoxy) is 1. The Morgan fingerprint density at radius 1 is 1.05 bits per heavy atom. The van der Waals surface area contributed by atoms with E-state index in [9.17, 15) is 35.4 Å². The predicted octanol–water partition coefficient (Wildman–Crippen LogP) is -5.53. The maximum absolute atomic E-state index is 11.9. The standard InChI is InChI=1S/C11H20O10/c12-1-3(13)5(15)7(17)8(18)10(20)11-9(19)6(16)4(14)2-21-11/h3-9,11-19H,1-2H2/t3-,4-,5-,6-,7+,8-,9+,11?/m1/s1. The van der Waals surface area contributed by atoms with Crippen molar-refractivity contribution < 1.29 is 50.4 Å². The molecule has 8 N–H and O–H groups in total. The Morgan fingerprint density at radius 2 is 1.62 bits per heavy atom. The molecule has 0 radical (unpaired) electrons. The van der Waals surface area contributed by atoms with Gasteiger partial charge >= 0.3 is 0 Å². The Labute approximate surface area is 119 Å². The molecular formula is C11H20O10. The van der Waals surface area contributed by atoms with Gasteiger partial charge in [0.15, 0.2) is 5.78 Å². The van der Waals surface area contributed by atoms with E-state index in [4.69, 9.17) is 14.9 Å². The van der Waals surface area contributed by atoms with E-state index in [2.05, 4.69) is 0 Å². The van der Waals surface area contributed by atoms with E-state index in [-0.39, 0.29) is 0 Å². The van der Waals surface area contributed by atoms with Gasteiger partial charge in [0.05, 0.1) is 13.2 Å². The van der Waals surface area contributed by atoms with E-state index >= 15 is 0 Å². The summed E-state index contributed by atoms with van der Waals surface area (Å²) in [6, 6.07) is 0. The summed E-state index contributed by atoms with van der Waals surface area (Å²) in [7, 11) is 0. The van der Waals surface area contributed by atoms with E-state index in [0.717, 1.165) is 0 Å². The molecule has 0 spiro atoms. The Balaban J connectivity index is 2.73. The van der Waals surface area contributed by atoms with E-state index in [1.165, 1.54) is 0 Å². The lowest BCUT2D eigenvalue weighted by Crippen LogP contribution is -2.59. The van der Waals surface area contributed by atoms with Crippen LogP contribution in [0.2, 0.25) is 0 Å². The quantitative estimate of drug-likeness (QED) is 0.235. The fourth-order valence-electron chi connectivity index (χ4n) is 1.92. The van der Waals surface area contributed by atoms with Gasteiger partial charge in [0.1, 0.15) is 48.8 Å². The number of aliphatic hydroxyl groups excluding tert-OH is 8. The van der Waals surface area contributed by atoms with Crippen molar-refractivity contribution in [1.82, 2.24) is 0 Å². The highest BCUT2D eigenvalue weighted by atomic mass is 16.5. The Morgan fingerprint density at radius 3 is 2.14 bits per heavy atom. The van der Waals surface area contributed by atoms with Gasteiger partial charge < -0.3 is 45.6 Å². The summed E-state index contributed by atoms with van der Waals surface area (Å²) in [5.74, 6) is -1.25. The van der Waals surface area contributed by atoms with Crippen LogP contribution < -0.4 is 0 Å². The summed E-state index contributed by atoms with van der Waals surface area (Å²) in [5, 5.41) is 74.6. The third-order valence-electron chi connectivity index (χ3n) is 3.33. The van der Waals surface area contributed by atoms with Crippen molar-refractivity contribution in [3.05, 3.63) is 0 Å². The zero-order valence-corrected chi connectivity index (χ0v) is 10.9. The highest BCUT2D eigenvalue weighted by molar-refractivity contribution is 5.88. The lowest BCUT2D eigenvalue weighted by Gasteiger charge is -2.36. The molecule has 0 aromatic heterocycles. The Hall–Kier alpha value is -0.690. The second-order valence-corrected chi connectivity index (χ2v) is 4.88. The summed E-state index contributed by atoms with van der Waals surface area (Å²) < 4.78 is 4.80. The minimum atomic E-state index is -2.23. The molecule has 1 saturated heterocycles. The van der Waals surface area contributed by atoms with Gasteiger partial charge in [-0.05, 0) is 0 Å². The van der Waals surface area contributed by atoms with Crippen LogP contribution in [0.4, 0.5) is 0 Å². The number of carbonyl (C=O) groups is 1. The molecule has 0 bridgehead atoms. The number of hydrogen-bond acceptors (Lipinski definition) is 10. The van der Waals surface area contributed by atoms with Crippen molar-refractivity contribution in [2.24, 2.45) is 0 Å². The van der Waals surface area contributed by atoms with Crippen LogP contribution in [0.15, 0.2) is 0 Å². The lowest BCUT2D eigenvalue weighted by molar-refractivity contribution is -0.200. The molecule has 124 valence electrons. The minimum Gasteiger partial charge on any atom is -0.394 e. The van der Waals surface area contributed by atoms with Gasteiger partial charge in [-0.1, -0.05) is 0 Å². The van der Waals surface area contributed by atoms with Crippen LogP contribution in [0.5, 0.6) is 0 Å². The summed E-state index contributed by atoms with van der Waals surface area (Å²) in [4.78, 5) is 11.9. The predicted molar refractivity (Wildman–Crippen MR) is 63.9 cm³/mol. The van der Waals surface area contributed by atoms with E-state index in [1.54, 1.807) is 0 Å².